The highest BCUT2D eigenvalue weighted by Gasteiger charge is 2.25. The van der Waals surface area contributed by atoms with Crippen LogP contribution in [0.4, 0.5) is 8.78 Å². The first-order valence-electron chi connectivity index (χ1n) is 13.6. The van der Waals surface area contributed by atoms with E-state index in [1.165, 1.54) is 48.5 Å². The quantitative estimate of drug-likeness (QED) is 0.295. The summed E-state index contributed by atoms with van der Waals surface area (Å²) in [6.45, 7) is 2.16. The van der Waals surface area contributed by atoms with Crippen LogP contribution in [0.25, 0.3) is 0 Å². The van der Waals surface area contributed by atoms with Gasteiger partial charge in [0.25, 0.3) is 0 Å². The van der Waals surface area contributed by atoms with Gasteiger partial charge in [-0.05, 0) is 111 Å². The Morgan fingerprint density at radius 3 is 1.69 bits per heavy atom. The Kier molecular flexibility index (Phi) is 9.91. The number of rotatable bonds is 11. The smallest absolute Gasteiger partial charge is 0.178 e. The van der Waals surface area contributed by atoms with E-state index in [1.807, 2.05) is 0 Å². The molecule has 1 aliphatic rings. The molecule has 0 bridgehead atoms. The van der Waals surface area contributed by atoms with E-state index < -0.39 is 41.1 Å². The van der Waals surface area contributed by atoms with Gasteiger partial charge in [-0.15, -0.1) is 0 Å². The molecule has 1 atom stereocenters. The topological polar surface area (TPSA) is 106 Å². The Morgan fingerprint density at radius 2 is 1.19 bits per heavy atom. The van der Waals surface area contributed by atoms with E-state index >= 15 is 0 Å². The monoisotopic (exact) mass is 639 g/mol. The number of sulfone groups is 3. The Labute approximate surface area is 247 Å². The number of likely N-dealkylation sites (tertiary alicyclic amines) is 1. The van der Waals surface area contributed by atoms with Gasteiger partial charge in [0.1, 0.15) is 11.6 Å². The van der Waals surface area contributed by atoms with Crippen LogP contribution < -0.4 is 0 Å². The molecule has 4 rings (SSSR count). The Morgan fingerprint density at radius 1 is 0.714 bits per heavy atom. The summed E-state index contributed by atoms with van der Waals surface area (Å²) in [4.78, 5) is 2.61. The average Bonchev–Trinajstić information content (AvgIpc) is 2.92. The molecule has 1 fully saturated rings. The Hall–Kier alpha value is -2.67. The minimum absolute atomic E-state index is 0.0213. The molecular formula is C30H35F2NO6S3. The van der Waals surface area contributed by atoms with Crippen LogP contribution in [-0.4, -0.2) is 68.1 Å². The van der Waals surface area contributed by atoms with Crippen LogP contribution in [0.3, 0.4) is 0 Å². The normalized spacial score (nSPS) is 16.4. The maximum Gasteiger partial charge on any atom is 0.178 e. The van der Waals surface area contributed by atoms with Crippen molar-refractivity contribution in [1.29, 1.82) is 0 Å². The molecule has 0 aromatic heterocycles. The number of hydrogen-bond acceptors (Lipinski definition) is 7. The largest absolute Gasteiger partial charge is 0.303 e. The summed E-state index contributed by atoms with van der Waals surface area (Å²) in [6, 6.07) is 15.1. The summed E-state index contributed by atoms with van der Waals surface area (Å²) in [7, 11) is -10.3. The summed E-state index contributed by atoms with van der Waals surface area (Å²) in [5, 5.41) is 0. The summed E-state index contributed by atoms with van der Waals surface area (Å²) < 4.78 is 101. The molecule has 3 aromatic rings. The van der Waals surface area contributed by atoms with Crippen molar-refractivity contribution in [3.8, 4) is 0 Å². The minimum Gasteiger partial charge on any atom is -0.303 e. The third-order valence-electron chi connectivity index (χ3n) is 7.84. The van der Waals surface area contributed by atoms with E-state index in [1.54, 1.807) is 12.1 Å². The number of piperidine rings is 1. The van der Waals surface area contributed by atoms with E-state index in [0.717, 1.165) is 50.1 Å². The first-order chi connectivity index (χ1) is 19.6. The second-order valence-electron chi connectivity index (χ2n) is 11.0. The van der Waals surface area contributed by atoms with E-state index in [2.05, 4.69) is 4.90 Å². The van der Waals surface area contributed by atoms with Crippen molar-refractivity contribution < 1.29 is 34.0 Å². The molecule has 0 radical (unpaired) electrons. The maximum absolute atomic E-state index is 14.1. The fourth-order valence-electron chi connectivity index (χ4n) is 5.39. The molecule has 7 nitrogen and oxygen atoms in total. The van der Waals surface area contributed by atoms with Crippen LogP contribution in [-0.2, 0) is 29.5 Å². The van der Waals surface area contributed by atoms with Gasteiger partial charge in [0, 0.05) is 24.5 Å². The van der Waals surface area contributed by atoms with Crippen molar-refractivity contribution >= 4 is 29.5 Å². The third kappa shape index (κ3) is 8.46. The molecule has 0 spiro atoms. The van der Waals surface area contributed by atoms with Gasteiger partial charge >= 0.3 is 0 Å². The highest BCUT2D eigenvalue weighted by Crippen LogP contribution is 2.31. The van der Waals surface area contributed by atoms with E-state index in [4.69, 9.17) is 0 Å². The molecule has 1 heterocycles. The van der Waals surface area contributed by atoms with E-state index in [0.29, 0.717) is 24.9 Å². The van der Waals surface area contributed by atoms with Crippen LogP contribution >= 0.6 is 0 Å². The van der Waals surface area contributed by atoms with Crippen LogP contribution in [0.5, 0.6) is 0 Å². The van der Waals surface area contributed by atoms with Crippen LogP contribution in [0.1, 0.15) is 42.7 Å². The molecule has 0 aliphatic carbocycles. The molecule has 0 saturated carbocycles. The molecule has 0 amide bonds. The molecule has 1 saturated heterocycles. The molecule has 3 aromatic carbocycles. The molecule has 1 aliphatic heterocycles. The standard InChI is InChI=1S/C30H35F2NO6S3/c1-40(34,35)27-5-3-23(4-6-27)30(24-19-25(31)21-26(32)20-24)13-17-33-15-11-22(12-16-33)14-18-42(38,39)29-9-7-28(8-10-29)41(2,36)37/h3-10,19-22,30H,11-18H2,1-2H3/t30-/m1/s1. The van der Waals surface area contributed by atoms with Crippen molar-refractivity contribution in [2.45, 2.75) is 46.3 Å². The van der Waals surface area contributed by atoms with Crippen molar-refractivity contribution in [2.24, 2.45) is 5.92 Å². The second kappa shape index (κ2) is 12.9. The van der Waals surface area contributed by atoms with Gasteiger partial charge in [0.2, 0.25) is 0 Å². The summed E-state index contributed by atoms with van der Waals surface area (Å²) >= 11 is 0. The maximum atomic E-state index is 14.1. The lowest BCUT2D eigenvalue weighted by atomic mass is 9.87. The zero-order chi connectivity index (χ0) is 30.7. The summed E-state index contributed by atoms with van der Waals surface area (Å²) in [5.41, 5.74) is 1.24. The molecule has 0 N–H and O–H groups in total. The fourth-order valence-corrected chi connectivity index (χ4v) is 8.08. The van der Waals surface area contributed by atoms with Gasteiger partial charge < -0.3 is 4.90 Å². The van der Waals surface area contributed by atoms with Gasteiger partial charge in [0.15, 0.2) is 29.5 Å². The molecule has 0 unspecified atom stereocenters. The fraction of sp³-hybridized carbons (Fsp3) is 0.400. The van der Waals surface area contributed by atoms with Crippen molar-refractivity contribution in [3.63, 3.8) is 0 Å². The highest BCUT2D eigenvalue weighted by atomic mass is 32.2. The van der Waals surface area contributed by atoms with Crippen LogP contribution in [0.15, 0.2) is 81.4 Å². The lowest BCUT2D eigenvalue weighted by molar-refractivity contribution is 0.178. The predicted molar refractivity (Wildman–Crippen MR) is 158 cm³/mol. The zero-order valence-electron chi connectivity index (χ0n) is 23.5. The van der Waals surface area contributed by atoms with Gasteiger partial charge in [-0.1, -0.05) is 12.1 Å². The number of benzene rings is 3. The van der Waals surface area contributed by atoms with E-state index in [-0.39, 0.29) is 32.3 Å². The Bertz CT molecular complexity index is 1700. The molecule has 42 heavy (non-hydrogen) atoms. The number of hydrogen-bond donors (Lipinski definition) is 0. The molecule has 228 valence electrons. The van der Waals surface area contributed by atoms with Gasteiger partial charge in [-0.2, -0.15) is 0 Å². The molecule has 12 heteroatoms. The second-order valence-corrected chi connectivity index (χ2v) is 17.2. The van der Waals surface area contributed by atoms with Crippen molar-refractivity contribution in [3.05, 3.63) is 89.5 Å². The van der Waals surface area contributed by atoms with E-state index in [9.17, 15) is 34.0 Å². The van der Waals surface area contributed by atoms with Crippen LogP contribution in [0.2, 0.25) is 0 Å². The van der Waals surface area contributed by atoms with Gasteiger partial charge in [-0.3, -0.25) is 0 Å². The first-order valence-corrected chi connectivity index (χ1v) is 19.1. The summed E-state index contributed by atoms with van der Waals surface area (Å²) in [5.74, 6) is -1.49. The van der Waals surface area contributed by atoms with Gasteiger partial charge in [0.05, 0.1) is 20.4 Å². The lowest BCUT2D eigenvalue weighted by Crippen LogP contribution is -2.35. The SMILES string of the molecule is CS(=O)(=O)c1ccc([C@@H](CCN2CCC(CCS(=O)(=O)c3ccc(S(C)(=O)=O)cc3)CC2)c2cc(F)cc(F)c2)cc1. The predicted octanol–water partition coefficient (Wildman–Crippen LogP) is 4.87. The highest BCUT2D eigenvalue weighted by molar-refractivity contribution is 7.91. The first kappa shape index (κ1) is 32.2. The summed E-state index contributed by atoms with van der Waals surface area (Å²) in [6.07, 6.45) is 4.88. The third-order valence-corrected chi connectivity index (χ3v) is 11.9. The Balaban J connectivity index is 1.36. The van der Waals surface area contributed by atoms with Gasteiger partial charge in [-0.25, -0.2) is 34.0 Å². The van der Waals surface area contributed by atoms with Crippen molar-refractivity contribution in [1.82, 2.24) is 4.90 Å². The molecular weight excluding hydrogens is 605 g/mol. The zero-order valence-corrected chi connectivity index (χ0v) is 26.0. The lowest BCUT2D eigenvalue weighted by Gasteiger charge is -2.33. The number of nitrogens with zero attached hydrogens (tertiary/aromatic N) is 1. The average molecular weight is 640 g/mol. The van der Waals surface area contributed by atoms with Crippen LogP contribution in [0, 0.1) is 17.6 Å². The van der Waals surface area contributed by atoms with Crippen molar-refractivity contribution in [2.75, 3.05) is 37.9 Å². The minimum atomic E-state index is -3.54. The number of halogens is 2.